The van der Waals surface area contributed by atoms with Gasteiger partial charge in [0.15, 0.2) is 11.6 Å². The molecule has 1 aliphatic rings. The normalized spacial score (nSPS) is 13.8. The summed E-state index contributed by atoms with van der Waals surface area (Å²) in [6, 6.07) is 4.90. The van der Waals surface area contributed by atoms with E-state index in [4.69, 9.17) is 4.74 Å². The van der Waals surface area contributed by atoms with Gasteiger partial charge in [-0.05, 0) is 19.0 Å². The van der Waals surface area contributed by atoms with Crippen molar-refractivity contribution in [3.63, 3.8) is 0 Å². The minimum atomic E-state index is -0.439. The van der Waals surface area contributed by atoms with Crippen molar-refractivity contribution in [3.8, 4) is 5.75 Å². The van der Waals surface area contributed by atoms with Crippen molar-refractivity contribution in [2.45, 2.75) is 19.5 Å². The van der Waals surface area contributed by atoms with E-state index in [1.807, 2.05) is 0 Å². The molecule has 1 aromatic carbocycles. The van der Waals surface area contributed by atoms with Crippen molar-refractivity contribution < 1.29 is 9.13 Å². The van der Waals surface area contributed by atoms with E-state index in [1.54, 1.807) is 18.2 Å². The third-order valence-corrected chi connectivity index (χ3v) is 3.67. The summed E-state index contributed by atoms with van der Waals surface area (Å²) in [5.41, 5.74) is 1.82. The molecule has 0 saturated heterocycles. The van der Waals surface area contributed by atoms with Crippen LogP contribution in [0.25, 0.3) is 0 Å². The fraction of sp³-hybridized carbons (Fsp3) is 0.333. The molecule has 0 fully saturated rings. The van der Waals surface area contributed by atoms with Gasteiger partial charge in [-0.25, -0.2) is 9.37 Å². The zero-order valence-corrected chi connectivity index (χ0v) is 11.7. The minimum absolute atomic E-state index is 0.0938. The van der Waals surface area contributed by atoms with E-state index in [2.05, 4.69) is 10.3 Å². The lowest BCUT2D eigenvalue weighted by Crippen LogP contribution is -2.34. The first-order chi connectivity index (χ1) is 10.2. The number of halogens is 1. The predicted octanol–water partition coefficient (Wildman–Crippen LogP) is 1.08. The molecule has 2 aromatic rings. The van der Waals surface area contributed by atoms with Gasteiger partial charge in [-0.2, -0.15) is 0 Å². The summed E-state index contributed by atoms with van der Waals surface area (Å²) in [6.45, 7) is 1.52. The number of benzene rings is 1. The van der Waals surface area contributed by atoms with E-state index < -0.39 is 5.82 Å². The molecule has 3 rings (SSSR count). The van der Waals surface area contributed by atoms with Gasteiger partial charge in [-0.15, -0.1) is 0 Å². The molecule has 2 heterocycles. The van der Waals surface area contributed by atoms with Gasteiger partial charge in [0.2, 0.25) is 0 Å². The topological polar surface area (TPSA) is 56.2 Å². The van der Waals surface area contributed by atoms with E-state index in [0.717, 1.165) is 17.8 Å². The molecule has 0 amide bonds. The quantitative estimate of drug-likeness (QED) is 0.919. The smallest absolute Gasteiger partial charge is 0.257 e. The van der Waals surface area contributed by atoms with Crippen LogP contribution in [0.2, 0.25) is 0 Å². The van der Waals surface area contributed by atoms with E-state index in [1.165, 1.54) is 18.0 Å². The Balaban J connectivity index is 1.98. The summed E-state index contributed by atoms with van der Waals surface area (Å²) in [5.74, 6) is -0.262. The SMILES string of the molecule is COc1cccc(Cn2cnc3c(c2=O)CCNC3)c1F. The lowest BCUT2D eigenvalue weighted by atomic mass is 10.1. The Hall–Kier alpha value is -2.21. The van der Waals surface area contributed by atoms with Crippen molar-refractivity contribution in [2.24, 2.45) is 0 Å². The molecule has 0 unspecified atom stereocenters. The molecule has 0 bridgehead atoms. The highest BCUT2D eigenvalue weighted by molar-refractivity contribution is 5.31. The highest BCUT2D eigenvalue weighted by atomic mass is 19.1. The Morgan fingerprint density at radius 3 is 3.14 bits per heavy atom. The summed E-state index contributed by atoms with van der Waals surface area (Å²) >= 11 is 0. The Bertz CT molecular complexity index is 727. The molecule has 1 N–H and O–H groups in total. The second kappa shape index (κ2) is 5.65. The third-order valence-electron chi connectivity index (χ3n) is 3.67. The van der Waals surface area contributed by atoms with Gasteiger partial charge in [0, 0.05) is 17.7 Å². The molecular weight excluding hydrogens is 273 g/mol. The molecule has 0 spiro atoms. The molecule has 110 valence electrons. The number of nitrogens with one attached hydrogen (secondary N) is 1. The van der Waals surface area contributed by atoms with Gasteiger partial charge in [-0.1, -0.05) is 12.1 Å². The Morgan fingerprint density at radius 1 is 1.48 bits per heavy atom. The van der Waals surface area contributed by atoms with Gasteiger partial charge in [0.1, 0.15) is 0 Å². The second-order valence-corrected chi connectivity index (χ2v) is 4.96. The molecule has 21 heavy (non-hydrogen) atoms. The Labute approximate surface area is 121 Å². The average Bonchev–Trinajstić information content (AvgIpc) is 2.52. The maximum absolute atomic E-state index is 14.2. The largest absolute Gasteiger partial charge is 0.494 e. The average molecular weight is 289 g/mol. The van der Waals surface area contributed by atoms with Crippen LogP contribution in [-0.2, 0) is 19.5 Å². The molecule has 6 heteroatoms. The molecule has 0 aliphatic carbocycles. The highest BCUT2D eigenvalue weighted by Gasteiger charge is 2.16. The van der Waals surface area contributed by atoms with Gasteiger partial charge in [0.25, 0.3) is 5.56 Å². The van der Waals surface area contributed by atoms with Crippen LogP contribution in [0.1, 0.15) is 16.8 Å². The van der Waals surface area contributed by atoms with Crippen molar-refractivity contribution in [1.29, 1.82) is 0 Å². The third kappa shape index (κ3) is 2.54. The molecule has 0 atom stereocenters. The van der Waals surface area contributed by atoms with Crippen LogP contribution >= 0.6 is 0 Å². The lowest BCUT2D eigenvalue weighted by Gasteiger charge is -2.17. The second-order valence-electron chi connectivity index (χ2n) is 4.96. The van der Waals surface area contributed by atoms with Crippen LogP contribution in [0.4, 0.5) is 4.39 Å². The molecular formula is C15H16FN3O2. The summed E-state index contributed by atoms with van der Waals surface area (Å²) in [4.78, 5) is 16.7. The number of ether oxygens (including phenoxy) is 1. The highest BCUT2D eigenvalue weighted by Crippen LogP contribution is 2.20. The van der Waals surface area contributed by atoms with Crippen molar-refractivity contribution >= 4 is 0 Å². The Morgan fingerprint density at radius 2 is 2.33 bits per heavy atom. The van der Waals surface area contributed by atoms with E-state index in [9.17, 15) is 9.18 Å². The van der Waals surface area contributed by atoms with E-state index in [0.29, 0.717) is 18.5 Å². The molecule has 0 saturated carbocycles. The van der Waals surface area contributed by atoms with Crippen LogP contribution in [0, 0.1) is 5.82 Å². The first-order valence-corrected chi connectivity index (χ1v) is 6.80. The number of methoxy groups -OCH3 is 1. The molecule has 1 aliphatic heterocycles. The minimum Gasteiger partial charge on any atom is -0.494 e. The summed E-state index contributed by atoms with van der Waals surface area (Å²) in [6.07, 6.45) is 2.13. The number of hydrogen-bond acceptors (Lipinski definition) is 4. The first-order valence-electron chi connectivity index (χ1n) is 6.80. The molecule has 5 nitrogen and oxygen atoms in total. The fourth-order valence-corrected chi connectivity index (χ4v) is 2.52. The first kappa shape index (κ1) is 13.8. The van der Waals surface area contributed by atoms with Crippen LogP contribution in [-0.4, -0.2) is 23.2 Å². The van der Waals surface area contributed by atoms with Crippen LogP contribution < -0.4 is 15.6 Å². The van der Waals surface area contributed by atoms with E-state index in [-0.39, 0.29) is 17.9 Å². The number of hydrogen-bond donors (Lipinski definition) is 1. The van der Waals surface area contributed by atoms with Crippen molar-refractivity contribution in [3.05, 3.63) is 57.5 Å². The van der Waals surface area contributed by atoms with Gasteiger partial charge in [-0.3, -0.25) is 9.36 Å². The summed E-state index contributed by atoms with van der Waals surface area (Å²) in [5, 5.41) is 3.17. The standard InChI is InChI=1S/C15H16FN3O2/c1-21-13-4-2-3-10(14(13)16)8-19-9-18-12-7-17-6-5-11(12)15(19)20/h2-4,9,17H,5-8H2,1H3. The van der Waals surface area contributed by atoms with Crippen molar-refractivity contribution in [2.75, 3.05) is 13.7 Å². The van der Waals surface area contributed by atoms with Gasteiger partial charge < -0.3 is 10.1 Å². The maximum Gasteiger partial charge on any atom is 0.257 e. The lowest BCUT2D eigenvalue weighted by molar-refractivity contribution is 0.383. The van der Waals surface area contributed by atoms with Gasteiger partial charge in [0.05, 0.1) is 25.7 Å². The predicted molar refractivity (Wildman–Crippen MR) is 76.0 cm³/mol. The van der Waals surface area contributed by atoms with Crippen LogP contribution in [0.5, 0.6) is 5.75 Å². The monoisotopic (exact) mass is 289 g/mol. The Kier molecular flexibility index (Phi) is 3.70. The number of aromatic nitrogens is 2. The summed E-state index contributed by atoms with van der Waals surface area (Å²) < 4.78 is 20.6. The maximum atomic E-state index is 14.2. The zero-order valence-electron chi connectivity index (χ0n) is 11.7. The number of fused-ring (bicyclic) bond motifs is 1. The summed E-state index contributed by atoms with van der Waals surface area (Å²) in [7, 11) is 1.42. The fourth-order valence-electron chi connectivity index (χ4n) is 2.52. The van der Waals surface area contributed by atoms with Gasteiger partial charge >= 0.3 is 0 Å². The van der Waals surface area contributed by atoms with Crippen molar-refractivity contribution in [1.82, 2.24) is 14.9 Å². The number of rotatable bonds is 3. The number of nitrogens with zero attached hydrogens (tertiary/aromatic N) is 2. The molecule has 0 radical (unpaired) electrons. The molecule has 1 aromatic heterocycles. The van der Waals surface area contributed by atoms with E-state index >= 15 is 0 Å². The van der Waals surface area contributed by atoms with Crippen LogP contribution in [0.15, 0.2) is 29.3 Å². The van der Waals surface area contributed by atoms with Crippen LogP contribution in [0.3, 0.4) is 0 Å². The zero-order chi connectivity index (χ0) is 14.8.